The molecule has 3 N–H and O–H groups in total. The summed E-state index contributed by atoms with van der Waals surface area (Å²) in [5, 5.41) is 14.6. The molecule has 3 heteroatoms. The Morgan fingerprint density at radius 1 is 1.21 bits per heavy atom. The number of rotatable bonds is 7. The van der Waals surface area contributed by atoms with Crippen molar-refractivity contribution in [3.8, 4) is 0 Å². The quantitative estimate of drug-likeness (QED) is 0.716. The van der Waals surface area contributed by atoms with Crippen LogP contribution in [-0.2, 0) is 6.54 Å². The number of H-pyrrole nitrogens is 1. The molecule has 0 aliphatic heterocycles. The highest BCUT2D eigenvalue weighted by Gasteiger charge is 2.14. The molecule has 0 aliphatic carbocycles. The molecule has 0 amide bonds. The molecule has 1 aromatic heterocycles. The summed E-state index contributed by atoms with van der Waals surface area (Å²) in [4.78, 5) is 3.22. The second kappa shape index (κ2) is 6.73. The SMILES string of the molecule is CCC(CC)C(O)CNCc1ccc2cc[nH]c2c1. The van der Waals surface area contributed by atoms with Crippen molar-refractivity contribution in [1.82, 2.24) is 10.3 Å². The minimum atomic E-state index is -0.246. The van der Waals surface area contributed by atoms with E-state index >= 15 is 0 Å². The zero-order valence-corrected chi connectivity index (χ0v) is 11.8. The van der Waals surface area contributed by atoms with Crippen molar-refractivity contribution in [3.05, 3.63) is 36.0 Å². The van der Waals surface area contributed by atoms with Crippen molar-refractivity contribution in [2.45, 2.75) is 39.3 Å². The molecule has 0 saturated heterocycles. The number of benzene rings is 1. The number of nitrogens with one attached hydrogen (secondary N) is 2. The van der Waals surface area contributed by atoms with E-state index in [1.165, 1.54) is 16.5 Å². The van der Waals surface area contributed by atoms with Gasteiger partial charge in [-0.15, -0.1) is 0 Å². The maximum atomic E-state index is 10.1. The summed E-state index contributed by atoms with van der Waals surface area (Å²) in [6.07, 6.45) is 3.78. The maximum Gasteiger partial charge on any atom is 0.0692 e. The standard InChI is InChI=1S/C16H24N2O/c1-3-13(4-2)16(19)11-17-10-12-5-6-14-7-8-18-15(14)9-12/h5-9,13,16-19H,3-4,10-11H2,1-2H3. The molecule has 3 nitrogen and oxygen atoms in total. The third kappa shape index (κ3) is 3.58. The van der Waals surface area contributed by atoms with Gasteiger partial charge in [0.05, 0.1) is 6.10 Å². The van der Waals surface area contributed by atoms with Crippen molar-refractivity contribution >= 4 is 10.9 Å². The van der Waals surface area contributed by atoms with E-state index in [0.29, 0.717) is 12.5 Å². The topological polar surface area (TPSA) is 48.0 Å². The molecule has 1 atom stereocenters. The van der Waals surface area contributed by atoms with E-state index in [4.69, 9.17) is 0 Å². The summed E-state index contributed by atoms with van der Waals surface area (Å²) in [7, 11) is 0. The lowest BCUT2D eigenvalue weighted by molar-refractivity contribution is 0.101. The summed E-state index contributed by atoms with van der Waals surface area (Å²) in [5.74, 6) is 0.401. The lowest BCUT2D eigenvalue weighted by Gasteiger charge is -2.20. The van der Waals surface area contributed by atoms with Gasteiger partial charge in [-0.2, -0.15) is 0 Å². The minimum absolute atomic E-state index is 0.246. The Morgan fingerprint density at radius 2 is 2.00 bits per heavy atom. The van der Waals surface area contributed by atoms with E-state index in [-0.39, 0.29) is 6.10 Å². The van der Waals surface area contributed by atoms with Crippen LogP contribution in [0.1, 0.15) is 32.3 Å². The lowest BCUT2D eigenvalue weighted by atomic mass is 9.96. The van der Waals surface area contributed by atoms with Gasteiger partial charge in [-0.05, 0) is 29.0 Å². The summed E-state index contributed by atoms with van der Waals surface area (Å²) in [6, 6.07) is 8.49. The Balaban J connectivity index is 1.85. The Kier molecular flexibility index (Phi) is 5.00. The fourth-order valence-corrected chi connectivity index (χ4v) is 2.57. The average molecular weight is 260 g/mol. The fraction of sp³-hybridized carbons (Fsp3) is 0.500. The van der Waals surface area contributed by atoms with Crippen molar-refractivity contribution in [2.75, 3.05) is 6.54 Å². The van der Waals surface area contributed by atoms with Crippen LogP contribution in [0.5, 0.6) is 0 Å². The number of aliphatic hydroxyl groups is 1. The van der Waals surface area contributed by atoms with Crippen LogP contribution in [0.3, 0.4) is 0 Å². The van der Waals surface area contributed by atoms with Gasteiger partial charge in [0, 0.05) is 24.8 Å². The fourth-order valence-electron chi connectivity index (χ4n) is 2.57. The van der Waals surface area contributed by atoms with E-state index in [0.717, 1.165) is 19.4 Å². The number of aliphatic hydroxyl groups excluding tert-OH is 1. The van der Waals surface area contributed by atoms with Gasteiger partial charge < -0.3 is 15.4 Å². The first-order chi connectivity index (χ1) is 9.24. The van der Waals surface area contributed by atoms with Crippen molar-refractivity contribution in [2.24, 2.45) is 5.92 Å². The van der Waals surface area contributed by atoms with Gasteiger partial charge in [-0.25, -0.2) is 0 Å². The number of aromatic amines is 1. The zero-order valence-electron chi connectivity index (χ0n) is 11.8. The van der Waals surface area contributed by atoms with Crippen LogP contribution >= 0.6 is 0 Å². The Morgan fingerprint density at radius 3 is 2.74 bits per heavy atom. The van der Waals surface area contributed by atoms with Gasteiger partial charge in [-0.1, -0.05) is 38.8 Å². The van der Waals surface area contributed by atoms with Crippen LogP contribution in [0.2, 0.25) is 0 Å². The zero-order chi connectivity index (χ0) is 13.7. The molecule has 0 saturated carbocycles. The predicted octanol–water partition coefficient (Wildman–Crippen LogP) is 3.05. The maximum absolute atomic E-state index is 10.1. The summed E-state index contributed by atoms with van der Waals surface area (Å²) >= 11 is 0. The second-order valence-corrected chi connectivity index (χ2v) is 5.17. The summed E-state index contributed by atoms with van der Waals surface area (Å²) in [5.41, 5.74) is 2.41. The van der Waals surface area contributed by atoms with Gasteiger partial charge in [0.25, 0.3) is 0 Å². The molecule has 1 heterocycles. The largest absolute Gasteiger partial charge is 0.392 e. The Bertz CT molecular complexity index is 502. The smallest absolute Gasteiger partial charge is 0.0692 e. The van der Waals surface area contributed by atoms with Gasteiger partial charge in [0.1, 0.15) is 0 Å². The van der Waals surface area contributed by atoms with Crippen LogP contribution in [-0.4, -0.2) is 22.7 Å². The lowest BCUT2D eigenvalue weighted by Crippen LogP contribution is -2.32. The number of aromatic nitrogens is 1. The molecule has 0 radical (unpaired) electrons. The molecule has 2 aromatic rings. The molecule has 2 rings (SSSR count). The normalized spacial score (nSPS) is 13.3. The summed E-state index contributed by atoms with van der Waals surface area (Å²) < 4.78 is 0. The van der Waals surface area contributed by atoms with Gasteiger partial charge in [0.2, 0.25) is 0 Å². The molecule has 0 bridgehead atoms. The molecule has 104 valence electrons. The van der Waals surface area contributed by atoms with Crippen LogP contribution < -0.4 is 5.32 Å². The van der Waals surface area contributed by atoms with Crippen LogP contribution in [0.25, 0.3) is 10.9 Å². The van der Waals surface area contributed by atoms with Crippen LogP contribution in [0.15, 0.2) is 30.5 Å². The Labute approximate surface area is 115 Å². The minimum Gasteiger partial charge on any atom is -0.392 e. The molecule has 1 unspecified atom stereocenters. The molecular weight excluding hydrogens is 236 g/mol. The molecule has 0 fully saturated rings. The van der Waals surface area contributed by atoms with Crippen molar-refractivity contribution < 1.29 is 5.11 Å². The predicted molar refractivity (Wildman–Crippen MR) is 80.1 cm³/mol. The van der Waals surface area contributed by atoms with Gasteiger partial charge in [-0.3, -0.25) is 0 Å². The van der Waals surface area contributed by atoms with E-state index in [9.17, 15) is 5.11 Å². The van der Waals surface area contributed by atoms with E-state index < -0.39 is 0 Å². The second-order valence-electron chi connectivity index (χ2n) is 5.17. The molecule has 1 aromatic carbocycles. The highest BCUT2D eigenvalue weighted by atomic mass is 16.3. The molecule has 0 aliphatic rings. The first-order valence-corrected chi connectivity index (χ1v) is 7.19. The van der Waals surface area contributed by atoms with E-state index in [1.807, 2.05) is 6.20 Å². The van der Waals surface area contributed by atoms with Crippen molar-refractivity contribution in [3.63, 3.8) is 0 Å². The van der Waals surface area contributed by atoms with E-state index in [2.05, 4.69) is 48.4 Å². The molecule has 0 spiro atoms. The highest BCUT2D eigenvalue weighted by Crippen LogP contribution is 2.15. The first kappa shape index (κ1) is 14.1. The molecule has 19 heavy (non-hydrogen) atoms. The third-order valence-corrected chi connectivity index (χ3v) is 3.89. The number of hydrogen-bond donors (Lipinski definition) is 3. The number of hydrogen-bond acceptors (Lipinski definition) is 2. The monoisotopic (exact) mass is 260 g/mol. The summed E-state index contributed by atoms with van der Waals surface area (Å²) in [6.45, 7) is 5.73. The van der Waals surface area contributed by atoms with Crippen molar-refractivity contribution in [1.29, 1.82) is 0 Å². The van der Waals surface area contributed by atoms with Gasteiger partial charge in [0.15, 0.2) is 0 Å². The number of fused-ring (bicyclic) bond motifs is 1. The Hall–Kier alpha value is -1.32. The average Bonchev–Trinajstić information content (AvgIpc) is 2.87. The van der Waals surface area contributed by atoms with Crippen LogP contribution in [0, 0.1) is 5.92 Å². The first-order valence-electron chi connectivity index (χ1n) is 7.19. The highest BCUT2D eigenvalue weighted by molar-refractivity contribution is 5.79. The third-order valence-electron chi connectivity index (χ3n) is 3.89. The molecular formula is C16H24N2O. The van der Waals surface area contributed by atoms with Gasteiger partial charge >= 0.3 is 0 Å². The van der Waals surface area contributed by atoms with E-state index in [1.54, 1.807) is 0 Å². The van der Waals surface area contributed by atoms with Crippen LogP contribution in [0.4, 0.5) is 0 Å².